The number of carbonyl (C=O) groups is 1. The van der Waals surface area contributed by atoms with Crippen LogP contribution in [0.2, 0.25) is 0 Å². The molecule has 0 aliphatic carbocycles. The number of pyridine rings is 1. The Balaban J connectivity index is 3.07. The fourth-order valence-corrected chi connectivity index (χ4v) is 2.17. The first kappa shape index (κ1) is 15.2. The van der Waals surface area contributed by atoms with E-state index in [9.17, 15) is 26.4 Å². The molecule has 0 aliphatic rings. The second-order valence-corrected chi connectivity index (χ2v) is 5.14. The lowest BCUT2D eigenvalue weighted by atomic mass is 10.3. The molecule has 19 heavy (non-hydrogen) atoms. The molecule has 1 aromatic rings. The Morgan fingerprint density at radius 1 is 1.47 bits per heavy atom. The fourth-order valence-electron chi connectivity index (χ4n) is 1.19. The van der Waals surface area contributed by atoms with Crippen LogP contribution in [-0.4, -0.2) is 38.7 Å². The van der Waals surface area contributed by atoms with Crippen molar-refractivity contribution in [3.8, 4) is 5.88 Å². The molecule has 1 heterocycles. The molecule has 1 N–H and O–H groups in total. The summed E-state index contributed by atoms with van der Waals surface area (Å²) in [5.41, 5.74) is -0.346. The molecule has 6 nitrogen and oxygen atoms in total. The van der Waals surface area contributed by atoms with Gasteiger partial charge in [-0.1, -0.05) is 0 Å². The number of anilines is 1. The lowest BCUT2D eigenvalue weighted by Crippen LogP contribution is -2.28. The number of aromatic nitrogens is 1. The van der Waals surface area contributed by atoms with E-state index in [0.29, 0.717) is 6.29 Å². The minimum absolute atomic E-state index is 0.00879. The van der Waals surface area contributed by atoms with Crippen molar-refractivity contribution in [3.05, 3.63) is 17.8 Å². The zero-order valence-corrected chi connectivity index (χ0v) is 10.4. The zero-order chi connectivity index (χ0) is 14.7. The van der Waals surface area contributed by atoms with E-state index in [4.69, 9.17) is 0 Å². The van der Waals surface area contributed by atoms with Crippen LogP contribution in [0.15, 0.2) is 12.3 Å². The summed E-state index contributed by atoms with van der Waals surface area (Å²) < 4.78 is 65.1. The van der Waals surface area contributed by atoms with Gasteiger partial charge in [0.15, 0.2) is 12.0 Å². The first-order valence-electron chi connectivity index (χ1n) is 4.73. The number of carbonyl (C=O) groups excluding carboxylic acids is 1. The van der Waals surface area contributed by atoms with Gasteiger partial charge in [0, 0.05) is 11.8 Å². The summed E-state index contributed by atoms with van der Waals surface area (Å²) in [6, 6.07) is 1.02. The van der Waals surface area contributed by atoms with Crippen molar-refractivity contribution in [3.63, 3.8) is 0 Å². The molecule has 0 radical (unpaired) electrons. The summed E-state index contributed by atoms with van der Waals surface area (Å²) in [5, 5.41) is 0. The van der Waals surface area contributed by atoms with Crippen LogP contribution in [0.4, 0.5) is 18.9 Å². The Hall–Kier alpha value is -1.84. The molecule has 1 rings (SSSR count). The van der Waals surface area contributed by atoms with Gasteiger partial charge in [0.05, 0.1) is 7.11 Å². The molecule has 0 aliphatic heterocycles. The molecule has 10 heteroatoms. The van der Waals surface area contributed by atoms with Crippen molar-refractivity contribution in [1.29, 1.82) is 0 Å². The molecule has 0 aromatic carbocycles. The second kappa shape index (κ2) is 5.43. The molecule has 0 saturated carbocycles. The van der Waals surface area contributed by atoms with E-state index >= 15 is 0 Å². The van der Waals surface area contributed by atoms with Gasteiger partial charge < -0.3 is 4.74 Å². The first-order valence-corrected chi connectivity index (χ1v) is 6.38. The number of nitrogens with zero attached hydrogens (tertiary/aromatic N) is 1. The van der Waals surface area contributed by atoms with E-state index in [1.165, 1.54) is 0 Å². The van der Waals surface area contributed by atoms with Crippen molar-refractivity contribution in [2.24, 2.45) is 0 Å². The number of halogens is 3. The Morgan fingerprint density at radius 3 is 2.58 bits per heavy atom. The van der Waals surface area contributed by atoms with Gasteiger partial charge in [0.25, 0.3) is 0 Å². The van der Waals surface area contributed by atoms with Crippen LogP contribution in [0.1, 0.15) is 10.4 Å². The minimum Gasteiger partial charge on any atom is -0.480 e. The summed E-state index contributed by atoms with van der Waals surface area (Å²) in [6.45, 7) is 0. The lowest BCUT2D eigenvalue weighted by molar-refractivity contribution is -0.106. The number of sulfonamides is 1. The topological polar surface area (TPSA) is 85.4 Å². The predicted octanol–water partition coefficient (Wildman–Crippen LogP) is 1.21. The van der Waals surface area contributed by atoms with Gasteiger partial charge in [-0.05, 0) is 6.07 Å². The van der Waals surface area contributed by atoms with Crippen LogP contribution in [0.5, 0.6) is 5.88 Å². The van der Waals surface area contributed by atoms with E-state index in [2.05, 4.69) is 9.72 Å². The van der Waals surface area contributed by atoms with Crippen LogP contribution < -0.4 is 9.46 Å². The smallest absolute Gasteiger partial charge is 0.404 e. The van der Waals surface area contributed by atoms with Crippen molar-refractivity contribution < 1.29 is 31.1 Å². The number of alkyl halides is 3. The predicted molar refractivity (Wildman–Crippen MR) is 59.6 cm³/mol. The highest BCUT2D eigenvalue weighted by atomic mass is 32.2. The quantitative estimate of drug-likeness (QED) is 0.826. The summed E-state index contributed by atoms with van der Waals surface area (Å²) in [4.78, 5) is 14.1. The average molecular weight is 298 g/mol. The van der Waals surface area contributed by atoms with Gasteiger partial charge in [0.1, 0.15) is 5.69 Å². The van der Waals surface area contributed by atoms with E-state index in [1.807, 2.05) is 0 Å². The maximum Gasteiger partial charge on any atom is 0.404 e. The van der Waals surface area contributed by atoms with Gasteiger partial charge >= 0.3 is 6.18 Å². The Kier molecular flexibility index (Phi) is 4.35. The second-order valence-electron chi connectivity index (χ2n) is 3.42. The van der Waals surface area contributed by atoms with Crippen LogP contribution in [0, 0.1) is 0 Å². The van der Waals surface area contributed by atoms with Gasteiger partial charge in [0.2, 0.25) is 15.9 Å². The molecule has 0 amide bonds. The minimum atomic E-state index is -4.88. The summed E-state index contributed by atoms with van der Waals surface area (Å²) in [5.74, 6) is -2.29. The highest BCUT2D eigenvalue weighted by molar-refractivity contribution is 7.92. The maximum atomic E-state index is 12.1. The number of hydrogen-bond donors (Lipinski definition) is 1. The van der Waals surface area contributed by atoms with Crippen LogP contribution >= 0.6 is 0 Å². The third kappa shape index (κ3) is 4.73. The number of rotatable bonds is 5. The van der Waals surface area contributed by atoms with Crippen molar-refractivity contribution in [1.82, 2.24) is 4.98 Å². The Bertz CT molecular complexity index is 571. The average Bonchev–Trinajstić information content (AvgIpc) is 2.24. The molecular weight excluding hydrogens is 289 g/mol. The normalized spacial score (nSPS) is 12.0. The van der Waals surface area contributed by atoms with E-state index in [1.54, 1.807) is 4.72 Å². The monoisotopic (exact) mass is 298 g/mol. The largest absolute Gasteiger partial charge is 0.480 e. The molecule has 0 atom stereocenters. The third-order valence-corrected chi connectivity index (χ3v) is 3.06. The van der Waals surface area contributed by atoms with Crippen molar-refractivity contribution in [2.75, 3.05) is 17.6 Å². The Morgan fingerprint density at radius 2 is 2.11 bits per heavy atom. The molecule has 0 saturated heterocycles. The molecule has 106 valence electrons. The van der Waals surface area contributed by atoms with E-state index in [0.717, 1.165) is 19.4 Å². The molecule has 0 fully saturated rings. The summed E-state index contributed by atoms with van der Waals surface area (Å²) in [7, 11) is -3.50. The molecule has 1 aromatic heterocycles. The van der Waals surface area contributed by atoms with Crippen LogP contribution in [0.3, 0.4) is 0 Å². The first-order chi connectivity index (χ1) is 8.67. The van der Waals surface area contributed by atoms with E-state index < -0.39 is 22.0 Å². The molecule has 0 bridgehead atoms. The van der Waals surface area contributed by atoms with Crippen LogP contribution in [-0.2, 0) is 10.0 Å². The fraction of sp³-hybridized carbons (Fsp3) is 0.333. The van der Waals surface area contributed by atoms with E-state index in [-0.39, 0.29) is 17.1 Å². The third-order valence-electron chi connectivity index (χ3n) is 1.82. The number of aldehydes is 1. The molecule has 0 unspecified atom stereocenters. The highest BCUT2D eigenvalue weighted by Crippen LogP contribution is 2.25. The number of hydrogen-bond acceptors (Lipinski definition) is 5. The highest BCUT2D eigenvalue weighted by Gasteiger charge is 2.35. The standard InChI is InChI=1S/C9H9F3N2O4S/c1-18-8-7(2-6(4-15)3-13-8)14-19(16,17)5-9(10,11)12/h2-4,14H,5H2,1H3. The number of nitrogens with one attached hydrogen (secondary N) is 1. The zero-order valence-electron chi connectivity index (χ0n) is 9.56. The van der Waals surface area contributed by atoms with Crippen molar-refractivity contribution >= 4 is 22.0 Å². The van der Waals surface area contributed by atoms with Gasteiger partial charge in [-0.2, -0.15) is 13.2 Å². The Labute approximate surface area is 106 Å². The SMILES string of the molecule is COc1ncc(C=O)cc1NS(=O)(=O)CC(F)(F)F. The molecular formula is C9H9F3N2O4S. The van der Waals surface area contributed by atoms with Crippen LogP contribution in [0.25, 0.3) is 0 Å². The van der Waals surface area contributed by atoms with Crippen molar-refractivity contribution in [2.45, 2.75) is 6.18 Å². The molecule has 0 spiro atoms. The van der Waals surface area contributed by atoms with Gasteiger partial charge in [-0.3, -0.25) is 9.52 Å². The van der Waals surface area contributed by atoms with Gasteiger partial charge in [-0.15, -0.1) is 0 Å². The number of methoxy groups -OCH3 is 1. The lowest BCUT2D eigenvalue weighted by Gasteiger charge is -2.12. The number of ether oxygens (including phenoxy) is 1. The summed E-state index contributed by atoms with van der Waals surface area (Å²) in [6.07, 6.45) is -3.42. The van der Waals surface area contributed by atoms with Gasteiger partial charge in [-0.25, -0.2) is 13.4 Å². The summed E-state index contributed by atoms with van der Waals surface area (Å²) >= 11 is 0. The maximum absolute atomic E-state index is 12.1.